The number of carbonyl (C=O) groups is 1. The van der Waals surface area contributed by atoms with Crippen LogP contribution in [0.25, 0.3) is 0 Å². The van der Waals surface area contributed by atoms with Gasteiger partial charge in [-0.1, -0.05) is 36.4 Å². The SMILES string of the molecule is CO[C@@H]1O[C@H](CNC(=O)c2ccccc2)[C@@H](O)[C@H]2OC(c3ccccc3)=N[C@@H]12. The molecule has 1 fully saturated rings. The third-order valence-electron chi connectivity index (χ3n) is 4.91. The molecule has 2 N–H and O–H groups in total. The molecule has 5 atom stereocenters. The molecule has 2 aromatic rings. The van der Waals surface area contributed by atoms with Gasteiger partial charge in [0.2, 0.25) is 5.90 Å². The molecule has 2 heterocycles. The lowest BCUT2D eigenvalue weighted by molar-refractivity contribution is -0.240. The van der Waals surface area contributed by atoms with Crippen molar-refractivity contribution in [1.29, 1.82) is 0 Å². The number of hydrogen-bond donors (Lipinski definition) is 2. The summed E-state index contributed by atoms with van der Waals surface area (Å²) in [5.41, 5.74) is 1.37. The predicted octanol–water partition coefficient (Wildman–Crippen LogP) is 1.36. The Hall–Kier alpha value is -2.74. The molecule has 1 amide bonds. The second-order valence-electron chi connectivity index (χ2n) is 6.72. The number of aliphatic imine (C=N–C) groups is 1. The molecule has 0 radical (unpaired) electrons. The second kappa shape index (κ2) is 8.10. The van der Waals surface area contributed by atoms with E-state index in [1.54, 1.807) is 24.3 Å². The van der Waals surface area contributed by atoms with Gasteiger partial charge in [-0.15, -0.1) is 0 Å². The van der Waals surface area contributed by atoms with Crippen LogP contribution in [0.15, 0.2) is 65.7 Å². The summed E-state index contributed by atoms with van der Waals surface area (Å²) in [6, 6.07) is 17.9. The van der Waals surface area contributed by atoms with Gasteiger partial charge in [-0.05, 0) is 24.3 Å². The molecule has 146 valence electrons. The highest BCUT2D eigenvalue weighted by Gasteiger charge is 2.50. The first-order valence-electron chi connectivity index (χ1n) is 9.17. The zero-order chi connectivity index (χ0) is 19.5. The third kappa shape index (κ3) is 3.64. The molecule has 7 heteroatoms. The number of aliphatic hydroxyl groups excluding tert-OH is 1. The van der Waals surface area contributed by atoms with Gasteiger partial charge in [0.25, 0.3) is 5.91 Å². The molecule has 7 nitrogen and oxygen atoms in total. The number of methoxy groups -OCH3 is 1. The van der Waals surface area contributed by atoms with Crippen LogP contribution in [0.3, 0.4) is 0 Å². The fourth-order valence-corrected chi connectivity index (χ4v) is 3.44. The highest BCUT2D eigenvalue weighted by molar-refractivity contribution is 5.95. The first kappa shape index (κ1) is 18.6. The summed E-state index contributed by atoms with van der Waals surface area (Å²) in [5.74, 6) is 0.218. The van der Waals surface area contributed by atoms with Gasteiger partial charge in [0.15, 0.2) is 12.4 Å². The van der Waals surface area contributed by atoms with Crippen molar-refractivity contribution in [3.8, 4) is 0 Å². The van der Waals surface area contributed by atoms with E-state index in [9.17, 15) is 9.90 Å². The Balaban J connectivity index is 1.45. The van der Waals surface area contributed by atoms with Gasteiger partial charge in [-0.3, -0.25) is 4.79 Å². The number of nitrogens with zero attached hydrogens (tertiary/aromatic N) is 1. The van der Waals surface area contributed by atoms with Crippen LogP contribution in [-0.2, 0) is 14.2 Å². The zero-order valence-electron chi connectivity index (χ0n) is 15.4. The first-order chi connectivity index (χ1) is 13.7. The van der Waals surface area contributed by atoms with E-state index in [4.69, 9.17) is 14.2 Å². The fraction of sp³-hybridized carbons (Fsp3) is 0.333. The van der Waals surface area contributed by atoms with Crippen LogP contribution in [0, 0.1) is 0 Å². The average Bonchev–Trinajstić information content (AvgIpc) is 3.20. The molecular weight excluding hydrogens is 360 g/mol. The molecule has 1 saturated heterocycles. The van der Waals surface area contributed by atoms with Crippen LogP contribution < -0.4 is 5.32 Å². The number of ether oxygens (including phenoxy) is 3. The summed E-state index contributed by atoms with van der Waals surface area (Å²) in [6.45, 7) is 0.127. The van der Waals surface area contributed by atoms with E-state index in [1.165, 1.54) is 7.11 Å². The zero-order valence-corrected chi connectivity index (χ0v) is 15.4. The van der Waals surface area contributed by atoms with Gasteiger partial charge in [-0.25, -0.2) is 4.99 Å². The normalized spacial score (nSPS) is 28.8. The minimum atomic E-state index is -0.961. The van der Waals surface area contributed by atoms with Crippen LogP contribution in [0.2, 0.25) is 0 Å². The number of aliphatic hydroxyl groups is 1. The number of fused-ring (bicyclic) bond motifs is 1. The van der Waals surface area contributed by atoms with Gasteiger partial charge < -0.3 is 24.6 Å². The second-order valence-corrected chi connectivity index (χ2v) is 6.72. The molecule has 2 aliphatic rings. The summed E-state index contributed by atoms with van der Waals surface area (Å²) >= 11 is 0. The maximum Gasteiger partial charge on any atom is 0.251 e. The van der Waals surface area contributed by atoms with Crippen molar-refractivity contribution in [3.63, 3.8) is 0 Å². The molecule has 28 heavy (non-hydrogen) atoms. The summed E-state index contributed by atoms with van der Waals surface area (Å²) in [5, 5.41) is 13.6. The van der Waals surface area contributed by atoms with E-state index in [0.717, 1.165) is 5.56 Å². The maximum absolute atomic E-state index is 12.3. The average molecular weight is 382 g/mol. The minimum Gasteiger partial charge on any atom is -0.469 e. The van der Waals surface area contributed by atoms with E-state index in [2.05, 4.69) is 10.3 Å². The summed E-state index contributed by atoms with van der Waals surface area (Å²) in [4.78, 5) is 16.8. The molecule has 0 aliphatic carbocycles. The van der Waals surface area contributed by atoms with E-state index in [-0.39, 0.29) is 12.5 Å². The quantitative estimate of drug-likeness (QED) is 0.815. The molecule has 0 spiro atoms. The van der Waals surface area contributed by atoms with Crippen molar-refractivity contribution in [3.05, 3.63) is 71.8 Å². The molecule has 0 unspecified atom stereocenters. The Morgan fingerprint density at radius 2 is 1.82 bits per heavy atom. The molecule has 0 bridgehead atoms. The van der Waals surface area contributed by atoms with Gasteiger partial charge in [0, 0.05) is 24.8 Å². The first-order valence-corrected chi connectivity index (χ1v) is 9.17. The van der Waals surface area contributed by atoms with Crippen molar-refractivity contribution in [1.82, 2.24) is 5.32 Å². The van der Waals surface area contributed by atoms with Gasteiger partial charge in [-0.2, -0.15) is 0 Å². The van der Waals surface area contributed by atoms with E-state index < -0.39 is 30.6 Å². The van der Waals surface area contributed by atoms with Gasteiger partial charge in [0.1, 0.15) is 18.2 Å². The molecule has 0 saturated carbocycles. The molecular formula is C21H22N2O5. The van der Waals surface area contributed by atoms with Crippen molar-refractivity contribution in [2.75, 3.05) is 13.7 Å². The predicted molar refractivity (Wildman–Crippen MR) is 102 cm³/mol. The Morgan fingerprint density at radius 1 is 1.14 bits per heavy atom. The highest BCUT2D eigenvalue weighted by atomic mass is 16.7. The smallest absolute Gasteiger partial charge is 0.251 e. The summed E-state index contributed by atoms with van der Waals surface area (Å²) in [7, 11) is 1.52. The minimum absolute atomic E-state index is 0.127. The van der Waals surface area contributed by atoms with Crippen molar-refractivity contribution in [2.45, 2.75) is 30.6 Å². The van der Waals surface area contributed by atoms with E-state index in [0.29, 0.717) is 11.5 Å². The molecule has 2 aliphatic heterocycles. The third-order valence-corrected chi connectivity index (χ3v) is 4.91. The van der Waals surface area contributed by atoms with Crippen LogP contribution in [0.4, 0.5) is 0 Å². The standard InChI is InChI=1S/C21H22N2O5/c1-26-21-16-18(28-20(23-16)14-10-6-3-7-11-14)17(24)15(27-21)12-22-19(25)13-8-4-2-5-9-13/h2-11,15-18,21,24H,12H2,1H3,(H,22,25)/t15-,16-,17-,18+,21-/m1/s1. The van der Waals surface area contributed by atoms with Crippen LogP contribution in [-0.4, -0.2) is 61.2 Å². The number of benzene rings is 2. The molecule has 0 aromatic heterocycles. The van der Waals surface area contributed by atoms with Crippen LogP contribution in [0.5, 0.6) is 0 Å². The molecule has 4 rings (SSSR count). The lowest BCUT2D eigenvalue weighted by Crippen LogP contribution is -2.59. The highest BCUT2D eigenvalue weighted by Crippen LogP contribution is 2.31. The van der Waals surface area contributed by atoms with Gasteiger partial charge in [0.05, 0.1) is 0 Å². The van der Waals surface area contributed by atoms with Gasteiger partial charge >= 0.3 is 0 Å². The van der Waals surface area contributed by atoms with Crippen LogP contribution in [0.1, 0.15) is 15.9 Å². The van der Waals surface area contributed by atoms with Crippen molar-refractivity contribution < 1.29 is 24.1 Å². The topological polar surface area (TPSA) is 89.4 Å². The summed E-state index contributed by atoms with van der Waals surface area (Å²) < 4.78 is 17.2. The lowest BCUT2D eigenvalue weighted by atomic mass is 9.97. The Morgan fingerprint density at radius 3 is 2.50 bits per heavy atom. The fourth-order valence-electron chi connectivity index (χ4n) is 3.44. The van der Waals surface area contributed by atoms with E-state index >= 15 is 0 Å². The number of rotatable bonds is 5. The Labute approximate surface area is 163 Å². The largest absolute Gasteiger partial charge is 0.469 e. The number of hydrogen-bond acceptors (Lipinski definition) is 6. The number of amides is 1. The lowest BCUT2D eigenvalue weighted by Gasteiger charge is -2.39. The van der Waals surface area contributed by atoms with Crippen molar-refractivity contribution in [2.24, 2.45) is 4.99 Å². The van der Waals surface area contributed by atoms with Crippen molar-refractivity contribution >= 4 is 11.8 Å². The molecule has 2 aromatic carbocycles. The number of carbonyl (C=O) groups excluding carboxylic acids is 1. The maximum atomic E-state index is 12.3. The van der Waals surface area contributed by atoms with Crippen LogP contribution >= 0.6 is 0 Å². The Kier molecular flexibility index (Phi) is 5.38. The monoisotopic (exact) mass is 382 g/mol. The Bertz CT molecular complexity index is 842. The number of nitrogens with one attached hydrogen (secondary N) is 1. The summed E-state index contributed by atoms with van der Waals surface area (Å²) in [6.07, 6.45) is -2.91. The van der Waals surface area contributed by atoms with E-state index in [1.807, 2.05) is 36.4 Å².